The Morgan fingerprint density at radius 3 is 2.57 bits per heavy atom. The number of rotatable bonds is 6. The van der Waals surface area contributed by atoms with Crippen molar-refractivity contribution >= 4 is 40.8 Å². The zero-order valence-corrected chi connectivity index (χ0v) is 22.1. The number of hydrogen-bond donors (Lipinski definition) is 2. The number of fused-ring (bicyclic) bond motifs is 1. The molecule has 9 nitrogen and oxygen atoms in total. The summed E-state index contributed by atoms with van der Waals surface area (Å²) in [6, 6.07) is 12.4. The lowest BCUT2D eigenvalue weighted by molar-refractivity contribution is -0.129. The third-order valence-corrected chi connectivity index (χ3v) is 7.33. The molecule has 0 aromatic heterocycles. The molecule has 2 aliphatic rings. The molecule has 37 heavy (non-hydrogen) atoms. The molecule has 0 saturated carbocycles. The average Bonchev–Trinajstić information content (AvgIpc) is 3.39. The van der Waals surface area contributed by atoms with Crippen LogP contribution in [0.3, 0.4) is 0 Å². The molecule has 0 aliphatic carbocycles. The highest BCUT2D eigenvalue weighted by Gasteiger charge is 2.32. The highest BCUT2D eigenvalue weighted by Crippen LogP contribution is 2.32. The third kappa shape index (κ3) is 5.99. The van der Waals surface area contributed by atoms with Crippen molar-refractivity contribution in [1.82, 2.24) is 15.1 Å². The number of likely N-dealkylation sites (N-methyl/N-ethyl adjacent to an activating group) is 1. The van der Waals surface area contributed by atoms with E-state index in [9.17, 15) is 14.4 Å². The van der Waals surface area contributed by atoms with Crippen LogP contribution in [0.25, 0.3) is 0 Å². The van der Waals surface area contributed by atoms with Gasteiger partial charge in [0.05, 0.1) is 23.7 Å². The summed E-state index contributed by atoms with van der Waals surface area (Å²) in [5.74, 6) is -0.519. The van der Waals surface area contributed by atoms with E-state index in [1.807, 2.05) is 43.3 Å². The van der Waals surface area contributed by atoms with Crippen LogP contribution in [0.1, 0.15) is 35.7 Å². The summed E-state index contributed by atoms with van der Waals surface area (Å²) < 4.78 is 0. The van der Waals surface area contributed by atoms with Gasteiger partial charge in [-0.3, -0.25) is 9.59 Å². The second-order valence-electron chi connectivity index (χ2n) is 9.58. The second kappa shape index (κ2) is 11.8. The number of amides is 4. The zero-order valence-electron chi connectivity index (χ0n) is 21.3. The number of halogens is 1. The van der Waals surface area contributed by atoms with Gasteiger partial charge in [-0.2, -0.15) is 0 Å². The average molecular weight is 528 g/mol. The Hall–Kier alpha value is -3.30. The summed E-state index contributed by atoms with van der Waals surface area (Å²) >= 11 is 6.62. The maximum atomic E-state index is 13.8. The van der Waals surface area contributed by atoms with Crippen molar-refractivity contribution in [3.63, 3.8) is 0 Å². The predicted molar refractivity (Wildman–Crippen MR) is 144 cm³/mol. The van der Waals surface area contributed by atoms with E-state index in [0.29, 0.717) is 10.6 Å². The molecule has 10 heteroatoms. The molecule has 4 rings (SSSR count). The summed E-state index contributed by atoms with van der Waals surface area (Å²) in [5, 5.41) is 12.1. The van der Waals surface area contributed by atoms with Crippen LogP contribution >= 0.6 is 11.6 Å². The topological polar surface area (TPSA) is 96.4 Å². The predicted octanol–water partition coefficient (Wildman–Crippen LogP) is 2.95. The first-order chi connectivity index (χ1) is 17.8. The number of benzene rings is 2. The molecule has 0 bridgehead atoms. The Labute approximate surface area is 222 Å². The number of aliphatic hydroxyl groups is 1. The normalized spacial score (nSPS) is 17.3. The number of anilines is 2. The Kier molecular flexibility index (Phi) is 8.56. The number of nitrogens with one attached hydrogen (secondary N) is 1. The van der Waals surface area contributed by atoms with E-state index in [-0.39, 0.29) is 50.6 Å². The number of hydrogen-bond acceptors (Lipinski definition) is 5. The number of carbonyl (C=O) groups excluding carboxylic acids is 3. The van der Waals surface area contributed by atoms with Gasteiger partial charge in [0.25, 0.3) is 5.91 Å². The molecule has 2 N–H and O–H groups in total. The molecule has 198 valence electrons. The van der Waals surface area contributed by atoms with E-state index in [0.717, 1.165) is 42.9 Å². The SMILES string of the molecule is C[C@@H]1CN(C(=O)c2ccc(N3CCCC3)cc2Cl)c2ccccc2CN1C(=O)NCC(=O)N(C)CCO. The van der Waals surface area contributed by atoms with Crippen molar-refractivity contribution in [3.05, 3.63) is 58.6 Å². The van der Waals surface area contributed by atoms with Crippen molar-refractivity contribution in [2.24, 2.45) is 0 Å². The second-order valence-corrected chi connectivity index (χ2v) is 9.98. The molecule has 0 unspecified atom stereocenters. The first-order valence-electron chi connectivity index (χ1n) is 12.6. The lowest BCUT2D eigenvalue weighted by atomic mass is 10.1. The minimum atomic E-state index is -0.393. The summed E-state index contributed by atoms with van der Waals surface area (Å²) in [4.78, 5) is 46.0. The largest absolute Gasteiger partial charge is 0.395 e. The Balaban J connectivity index is 1.53. The molecule has 1 saturated heterocycles. The van der Waals surface area contributed by atoms with Gasteiger partial charge in [-0.25, -0.2) is 4.79 Å². The molecular weight excluding hydrogens is 494 g/mol. The van der Waals surface area contributed by atoms with E-state index < -0.39 is 6.03 Å². The smallest absolute Gasteiger partial charge is 0.318 e. The number of aliphatic hydroxyl groups excluding tert-OH is 1. The van der Waals surface area contributed by atoms with Crippen LogP contribution in [-0.2, 0) is 11.3 Å². The van der Waals surface area contributed by atoms with Gasteiger partial charge in [-0.15, -0.1) is 0 Å². The van der Waals surface area contributed by atoms with E-state index >= 15 is 0 Å². The van der Waals surface area contributed by atoms with Gasteiger partial charge in [-0.1, -0.05) is 29.8 Å². The molecular formula is C27H34ClN5O4. The van der Waals surface area contributed by atoms with Crippen LogP contribution in [0.5, 0.6) is 0 Å². The van der Waals surface area contributed by atoms with Gasteiger partial charge in [0.15, 0.2) is 0 Å². The van der Waals surface area contributed by atoms with Crippen LogP contribution in [0.4, 0.5) is 16.2 Å². The number of urea groups is 1. The monoisotopic (exact) mass is 527 g/mol. The molecule has 4 amide bonds. The molecule has 0 spiro atoms. The van der Waals surface area contributed by atoms with Crippen molar-refractivity contribution in [2.45, 2.75) is 32.4 Å². The Bertz CT molecular complexity index is 1150. The summed E-state index contributed by atoms with van der Waals surface area (Å²) in [6.07, 6.45) is 2.30. The summed E-state index contributed by atoms with van der Waals surface area (Å²) in [7, 11) is 1.57. The molecule has 2 aromatic rings. The standard InChI is InChI=1S/C27H34ClN5O4/c1-19-17-33(26(36)22-10-9-21(15-23(22)28)31-11-5-6-12-31)24-8-4-3-7-20(24)18-32(19)27(37)29-16-25(35)30(2)13-14-34/h3-4,7-10,15,19,34H,5-6,11-14,16-18H2,1-2H3,(H,29,37)/t19-/m1/s1. The summed E-state index contributed by atoms with van der Waals surface area (Å²) in [6.45, 7) is 4.28. The summed E-state index contributed by atoms with van der Waals surface area (Å²) in [5.41, 5.74) is 2.99. The fourth-order valence-electron chi connectivity index (χ4n) is 4.83. The van der Waals surface area contributed by atoms with Crippen LogP contribution in [0, 0.1) is 0 Å². The van der Waals surface area contributed by atoms with Crippen LogP contribution < -0.4 is 15.1 Å². The van der Waals surface area contributed by atoms with Crippen molar-refractivity contribution in [1.29, 1.82) is 0 Å². The number of nitrogens with zero attached hydrogens (tertiary/aromatic N) is 4. The highest BCUT2D eigenvalue weighted by molar-refractivity contribution is 6.35. The van der Waals surface area contributed by atoms with Crippen molar-refractivity contribution in [3.8, 4) is 0 Å². The maximum absolute atomic E-state index is 13.8. The number of carbonyl (C=O) groups is 3. The first kappa shape index (κ1) is 26.8. The maximum Gasteiger partial charge on any atom is 0.318 e. The quantitative estimate of drug-likeness (QED) is 0.602. The molecule has 2 aromatic carbocycles. The highest BCUT2D eigenvalue weighted by atomic mass is 35.5. The van der Waals surface area contributed by atoms with E-state index in [4.69, 9.17) is 16.7 Å². The van der Waals surface area contributed by atoms with E-state index in [1.54, 1.807) is 22.9 Å². The molecule has 2 aliphatic heterocycles. The van der Waals surface area contributed by atoms with Crippen molar-refractivity contribution in [2.75, 3.05) is 56.2 Å². The van der Waals surface area contributed by atoms with Gasteiger partial charge in [0.2, 0.25) is 5.91 Å². The van der Waals surface area contributed by atoms with Gasteiger partial charge >= 0.3 is 6.03 Å². The van der Waals surface area contributed by atoms with Crippen LogP contribution in [0.2, 0.25) is 5.02 Å². The van der Waals surface area contributed by atoms with Gasteiger partial charge in [-0.05, 0) is 49.6 Å². The Morgan fingerprint density at radius 1 is 1.14 bits per heavy atom. The van der Waals surface area contributed by atoms with Crippen molar-refractivity contribution < 1.29 is 19.5 Å². The van der Waals surface area contributed by atoms with Crippen LogP contribution in [0.15, 0.2) is 42.5 Å². The lowest BCUT2D eigenvalue weighted by Gasteiger charge is -2.30. The van der Waals surface area contributed by atoms with E-state index in [2.05, 4.69) is 10.2 Å². The van der Waals surface area contributed by atoms with E-state index in [1.165, 1.54) is 4.90 Å². The minimum Gasteiger partial charge on any atom is -0.395 e. The molecule has 1 atom stereocenters. The number of para-hydroxylation sites is 1. The molecule has 1 fully saturated rings. The molecule has 2 heterocycles. The third-order valence-electron chi connectivity index (χ3n) is 7.01. The fraction of sp³-hybridized carbons (Fsp3) is 0.444. The van der Waals surface area contributed by atoms with Gasteiger partial charge in [0.1, 0.15) is 0 Å². The fourth-order valence-corrected chi connectivity index (χ4v) is 5.09. The minimum absolute atomic E-state index is 0.148. The van der Waals surface area contributed by atoms with Gasteiger partial charge < -0.3 is 30.0 Å². The molecule has 0 radical (unpaired) electrons. The van der Waals surface area contributed by atoms with Gasteiger partial charge in [0, 0.05) is 57.2 Å². The zero-order chi connectivity index (χ0) is 26.5. The lowest BCUT2D eigenvalue weighted by Crippen LogP contribution is -2.50. The van der Waals surface area contributed by atoms with Crippen LogP contribution in [-0.4, -0.2) is 85.2 Å². The first-order valence-corrected chi connectivity index (χ1v) is 13.0. The Morgan fingerprint density at radius 2 is 1.86 bits per heavy atom.